The Morgan fingerprint density at radius 3 is 2.38 bits per heavy atom. The maximum Gasteiger partial charge on any atom is 0.407 e. The third-order valence-electron chi connectivity index (χ3n) is 3.39. The number of hydrogen-bond acceptors (Lipinski definition) is 4. The molecule has 1 aromatic rings. The van der Waals surface area contributed by atoms with Crippen LogP contribution in [0.5, 0.6) is 0 Å². The standard InChI is InChI=1S/C18H28N2O4/c1-13(16(21)22)19-12-15(20-17(23)24-18(2,3)4)11-10-14-8-6-5-7-9-14/h5-9,13,15,19H,10-12H2,1-4H3,(H,20,23)(H,21,22). The van der Waals surface area contributed by atoms with E-state index in [0.29, 0.717) is 13.0 Å². The van der Waals surface area contributed by atoms with Gasteiger partial charge < -0.3 is 20.5 Å². The van der Waals surface area contributed by atoms with Crippen molar-refractivity contribution in [2.75, 3.05) is 6.54 Å². The Balaban J connectivity index is 2.60. The van der Waals surface area contributed by atoms with E-state index in [4.69, 9.17) is 9.84 Å². The molecule has 0 saturated heterocycles. The second kappa shape index (κ2) is 9.27. The number of carbonyl (C=O) groups excluding carboxylic acids is 1. The molecule has 24 heavy (non-hydrogen) atoms. The molecule has 134 valence electrons. The molecule has 0 aliphatic carbocycles. The van der Waals surface area contributed by atoms with Gasteiger partial charge in [-0.3, -0.25) is 4.79 Å². The van der Waals surface area contributed by atoms with Crippen LogP contribution >= 0.6 is 0 Å². The van der Waals surface area contributed by atoms with Crippen LogP contribution in [0, 0.1) is 0 Å². The molecule has 6 nitrogen and oxygen atoms in total. The van der Waals surface area contributed by atoms with Crippen molar-refractivity contribution < 1.29 is 19.4 Å². The summed E-state index contributed by atoms with van der Waals surface area (Å²) >= 11 is 0. The Morgan fingerprint density at radius 2 is 1.83 bits per heavy atom. The number of nitrogens with one attached hydrogen (secondary N) is 2. The van der Waals surface area contributed by atoms with Gasteiger partial charge in [0.25, 0.3) is 0 Å². The minimum Gasteiger partial charge on any atom is -0.480 e. The van der Waals surface area contributed by atoms with Crippen LogP contribution in [-0.2, 0) is 16.0 Å². The van der Waals surface area contributed by atoms with E-state index in [1.807, 2.05) is 30.3 Å². The van der Waals surface area contributed by atoms with Gasteiger partial charge >= 0.3 is 12.1 Å². The molecule has 0 spiro atoms. The summed E-state index contributed by atoms with van der Waals surface area (Å²) in [4.78, 5) is 22.9. The number of ether oxygens (including phenoxy) is 1. The van der Waals surface area contributed by atoms with Crippen LogP contribution in [0.4, 0.5) is 4.79 Å². The van der Waals surface area contributed by atoms with E-state index in [-0.39, 0.29) is 6.04 Å². The molecule has 0 bridgehead atoms. The molecule has 0 radical (unpaired) electrons. The van der Waals surface area contributed by atoms with Crippen LogP contribution < -0.4 is 10.6 Å². The van der Waals surface area contributed by atoms with E-state index < -0.39 is 23.7 Å². The van der Waals surface area contributed by atoms with E-state index >= 15 is 0 Å². The number of aryl methyl sites for hydroxylation is 1. The molecule has 1 rings (SSSR count). The summed E-state index contributed by atoms with van der Waals surface area (Å²) in [6.45, 7) is 7.34. The molecule has 1 amide bonds. The van der Waals surface area contributed by atoms with Crippen molar-refractivity contribution in [1.29, 1.82) is 0 Å². The summed E-state index contributed by atoms with van der Waals surface area (Å²) in [6.07, 6.45) is 0.970. The SMILES string of the molecule is CC(NCC(CCc1ccccc1)NC(=O)OC(C)(C)C)C(=O)O. The molecule has 6 heteroatoms. The van der Waals surface area contributed by atoms with Crippen molar-refractivity contribution in [2.45, 2.75) is 58.2 Å². The number of rotatable bonds is 8. The Morgan fingerprint density at radius 1 is 1.21 bits per heavy atom. The molecule has 0 aliphatic heterocycles. The minimum atomic E-state index is -0.922. The van der Waals surface area contributed by atoms with Crippen LogP contribution in [0.2, 0.25) is 0 Å². The van der Waals surface area contributed by atoms with Crippen LogP contribution in [0.1, 0.15) is 39.7 Å². The van der Waals surface area contributed by atoms with Crippen LogP contribution in [0.3, 0.4) is 0 Å². The first-order chi connectivity index (χ1) is 11.2. The predicted octanol–water partition coefficient (Wildman–Crippen LogP) is 2.58. The summed E-state index contributed by atoms with van der Waals surface area (Å²) in [7, 11) is 0. The van der Waals surface area contributed by atoms with Crippen molar-refractivity contribution >= 4 is 12.1 Å². The Kier molecular flexibility index (Phi) is 7.71. The van der Waals surface area contributed by atoms with E-state index in [0.717, 1.165) is 6.42 Å². The van der Waals surface area contributed by atoms with Crippen molar-refractivity contribution in [1.82, 2.24) is 10.6 Å². The number of alkyl carbamates (subject to hydrolysis) is 1. The van der Waals surface area contributed by atoms with E-state index in [2.05, 4.69) is 10.6 Å². The fourth-order valence-corrected chi connectivity index (χ4v) is 2.09. The quantitative estimate of drug-likeness (QED) is 0.679. The lowest BCUT2D eigenvalue weighted by Crippen LogP contribution is -2.47. The second-order valence-electron chi connectivity index (χ2n) is 6.84. The van der Waals surface area contributed by atoms with Gasteiger partial charge in [0, 0.05) is 12.6 Å². The summed E-state index contributed by atoms with van der Waals surface area (Å²) < 4.78 is 5.28. The zero-order valence-electron chi connectivity index (χ0n) is 14.8. The lowest BCUT2D eigenvalue weighted by molar-refractivity contribution is -0.139. The smallest absolute Gasteiger partial charge is 0.407 e. The van der Waals surface area contributed by atoms with Gasteiger partial charge in [-0.05, 0) is 46.1 Å². The van der Waals surface area contributed by atoms with Gasteiger partial charge in [-0.15, -0.1) is 0 Å². The number of carbonyl (C=O) groups is 2. The Labute approximate surface area is 143 Å². The molecule has 2 atom stereocenters. The molecular weight excluding hydrogens is 308 g/mol. The van der Waals surface area contributed by atoms with E-state index in [9.17, 15) is 9.59 Å². The minimum absolute atomic E-state index is 0.221. The van der Waals surface area contributed by atoms with Gasteiger partial charge in [-0.1, -0.05) is 30.3 Å². The Hall–Kier alpha value is -2.08. The van der Waals surface area contributed by atoms with Gasteiger partial charge in [-0.2, -0.15) is 0 Å². The number of benzene rings is 1. The number of amides is 1. The number of hydrogen-bond donors (Lipinski definition) is 3. The summed E-state index contributed by atoms with van der Waals surface area (Å²) in [5, 5.41) is 14.7. The fraction of sp³-hybridized carbons (Fsp3) is 0.556. The highest BCUT2D eigenvalue weighted by atomic mass is 16.6. The number of carboxylic acid groups (broad SMARTS) is 1. The molecule has 2 unspecified atom stereocenters. The highest BCUT2D eigenvalue weighted by Crippen LogP contribution is 2.09. The molecule has 0 saturated carbocycles. The van der Waals surface area contributed by atoms with Gasteiger partial charge in [0.15, 0.2) is 0 Å². The highest BCUT2D eigenvalue weighted by molar-refractivity contribution is 5.72. The van der Waals surface area contributed by atoms with E-state index in [1.54, 1.807) is 27.7 Å². The number of carboxylic acids is 1. The van der Waals surface area contributed by atoms with Gasteiger partial charge in [0.05, 0.1) is 0 Å². The average molecular weight is 336 g/mol. The lowest BCUT2D eigenvalue weighted by atomic mass is 10.0. The summed E-state index contributed by atoms with van der Waals surface area (Å²) in [6, 6.07) is 9.05. The molecule has 0 heterocycles. The summed E-state index contributed by atoms with van der Waals surface area (Å²) in [5.41, 5.74) is 0.593. The molecule has 0 fully saturated rings. The second-order valence-corrected chi connectivity index (χ2v) is 6.84. The molecule has 0 aliphatic rings. The number of aliphatic carboxylic acids is 1. The normalized spacial score (nSPS) is 13.8. The van der Waals surface area contributed by atoms with Crippen molar-refractivity contribution in [3.8, 4) is 0 Å². The first-order valence-electron chi connectivity index (χ1n) is 8.17. The largest absolute Gasteiger partial charge is 0.480 e. The molecule has 1 aromatic carbocycles. The average Bonchev–Trinajstić information content (AvgIpc) is 2.48. The lowest BCUT2D eigenvalue weighted by Gasteiger charge is -2.24. The third-order valence-corrected chi connectivity index (χ3v) is 3.39. The highest BCUT2D eigenvalue weighted by Gasteiger charge is 2.20. The topological polar surface area (TPSA) is 87.7 Å². The monoisotopic (exact) mass is 336 g/mol. The molecule has 0 aromatic heterocycles. The molecular formula is C18H28N2O4. The van der Waals surface area contributed by atoms with E-state index in [1.165, 1.54) is 5.56 Å². The summed E-state index contributed by atoms with van der Waals surface area (Å²) in [5.74, 6) is -0.922. The van der Waals surface area contributed by atoms with Crippen molar-refractivity contribution in [3.63, 3.8) is 0 Å². The van der Waals surface area contributed by atoms with Gasteiger partial charge in [0.2, 0.25) is 0 Å². The first-order valence-corrected chi connectivity index (χ1v) is 8.17. The first kappa shape index (κ1) is 20.0. The van der Waals surface area contributed by atoms with Crippen LogP contribution in [0.25, 0.3) is 0 Å². The zero-order valence-corrected chi connectivity index (χ0v) is 14.8. The molecule has 3 N–H and O–H groups in total. The van der Waals surface area contributed by atoms with Crippen LogP contribution in [0.15, 0.2) is 30.3 Å². The predicted molar refractivity (Wildman–Crippen MR) is 93.0 cm³/mol. The zero-order chi connectivity index (χ0) is 18.2. The van der Waals surface area contributed by atoms with Gasteiger partial charge in [0.1, 0.15) is 11.6 Å². The van der Waals surface area contributed by atoms with Crippen molar-refractivity contribution in [2.24, 2.45) is 0 Å². The maximum atomic E-state index is 12.0. The Bertz CT molecular complexity index is 526. The maximum absolute atomic E-state index is 12.0. The van der Waals surface area contributed by atoms with Gasteiger partial charge in [-0.25, -0.2) is 4.79 Å². The van der Waals surface area contributed by atoms with Crippen LogP contribution in [-0.4, -0.2) is 41.4 Å². The fourth-order valence-electron chi connectivity index (χ4n) is 2.09. The third kappa shape index (κ3) is 8.53. The van der Waals surface area contributed by atoms with Crippen molar-refractivity contribution in [3.05, 3.63) is 35.9 Å².